The van der Waals surface area contributed by atoms with E-state index in [1.54, 1.807) is 13.8 Å². The van der Waals surface area contributed by atoms with Gasteiger partial charge in [0.2, 0.25) is 0 Å². The van der Waals surface area contributed by atoms with Gasteiger partial charge in [-0.1, -0.05) is 5.16 Å². The summed E-state index contributed by atoms with van der Waals surface area (Å²) in [5.74, 6) is -1.23. The maximum Gasteiger partial charge on any atom is 0.326 e. The number of hydrogen-bond acceptors (Lipinski definition) is 5. The number of carbonyl (C=O) groups excluding carboxylic acids is 1. The van der Waals surface area contributed by atoms with E-state index >= 15 is 0 Å². The molecule has 1 amide bonds. The first kappa shape index (κ1) is 12.6. The molecular formula is C11H14N2O5. The van der Waals surface area contributed by atoms with Gasteiger partial charge in [0, 0.05) is 13.0 Å². The molecule has 2 heterocycles. The molecule has 2 N–H and O–H groups in total. The molecule has 1 aromatic heterocycles. The highest BCUT2D eigenvalue weighted by Crippen LogP contribution is 2.23. The van der Waals surface area contributed by atoms with Gasteiger partial charge in [0.15, 0.2) is 0 Å². The van der Waals surface area contributed by atoms with Crippen LogP contribution in [0.15, 0.2) is 4.52 Å². The molecule has 0 radical (unpaired) electrons. The van der Waals surface area contributed by atoms with Gasteiger partial charge in [0.1, 0.15) is 17.4 Å². The largest absolute Gasteiger partial charge is 0.480 e. The van der Waals surface area contributed by atoms with E-state index in [-0.39, 0.29) is 18.5 Å². The van der Waals surface area contributed by atoms with Crippen LogP contribution in [0.2, 0.25) is 0 Å². The molecule has 0 aromatic carbocycles. The summed E-state index contributed by atoms with van der Waals surface area (Å²) in [7, 11) is 0. The molecule has 1 fully saturated rings. The van der Waals surface area contributed by atoms with E-state index in [1.165, 1.54) is 0 Å². The first-order valence-electron chi connectivity index (χ1n) is 5.56. The van der Waals surface area contributed by atoms with Crippen LogP contribution in [-0.2, 0) is 4.79 Å². The van der Waals surface area contributed by atoms with Crippen molar-refractivity contribution in [1.29, 1.82) is 0 Å². The van der Waals surface area contributed by atoms with Gasteiger partial charge >= 0.3 is 5.97 Å². The number of β-amino-alcohol motifs (C(OH)–C–C–N with tert-alkyl or cyclic N) is 1. The van der Waals surface area contributed by atoms with Gasteiger partial charge < -0.3 is 19.6 Å². The summed E-state index contributed by atoms with van der Waals surface area (Å²) in [5.41, 5.74) is 0.693. The molecule has 0 spiro atoms. The lowest BCUT2D eigenvalue weighted by Crippen LogP contribution is -2.40. The predicted molar refractivity (Wildman–Crippen MR) is 59.1 cm³/mol. The molecule has 2 rings (SSSR count). The topological polar surface area (TPSA) is 104 Å². The molecule has 1 aliphatic heterocycles. The molecule has 2 atom stereocenters. The third-order valence-corrected chi connectivity index (χ3v) is 3.07. The van der Waals surface area contributed by atoms with Gasteiger partial charge in [0.25, 0.3) is 5.91 Å². The number of aryl methyl sites for hydroxylation is 2. The SMILES string of the molecule is Cc1noc(C)c1C(=O)N1CC(O)C[C@H]1C(=O)O. The van der Waals surface area contributed by atoms with Crippen molar-refractivity contribution in [3.63, 3.8) is 0 Å². The smallest absolute Gasteiger partial charge is 0.326 e. The van der Waals surface area contributed by atoms with Gasteiger partial charge in [-0.3, -0.25) is 4.79 Å². The Kier molecular flexibility index (Phi) is 3.08. The summed E-state index contributed by atoms with van der Waals surface area (Å²) in [6, 6.07) is -0.999. The van der Waals surface area contributed by atoms with E-state index < -0.39 is 24.0 Å². The van der Waals surface area contributed by atoms with Crippen molar-refractivity contribution < 1.29 is 24.3 Å². The molecule has 0 saturated carbocycles. The molecule has 1 saturated heterocycles. The second-order valence-electron chi connectivity index (χ2n) is 4.40. The van der Waals surface area contributed by atoms with Crippen LogP contribution in [0, 0.1) is 13.8 Å². The molecule has 1 unspecified atom stereocenters. The minimum Gasteiger partial charge on any atom is -0.480 e. The number of aromatic nitrogens is 1. The van der Waals surface area contributed by atoms with Crippen LogP contribution in [0.3, 0.4) is 0 Å². The van der Waals surface area contributed by atoms with Crippen LogP contribution >= 0.6 is 0 Å². The monoisotopic (exact) mass is 254 g/mol. The number of likely N-dealkylation sites (tertiary alicyclic amines) is 1. The molecule has 0 bridgehead atoms. The lowest BCUT2D eigenvalue weighted by molar-refractivity contribution is -0.141. The van der Waals surface area contributed by atoms with Crippen LogP contribution in [0.25, 0.3) is 0 Å². The Labute approximate surface area is 103 Å². The number of aliphatic carboxylic acids is 1. The number of aliphatic hydroxyl groups is 1. The molecular weight excluding hydrogens is 240 g/mol. The Hall–Kier alpha value is -1.89. The van der Waals surface area contributed by atoms with E-state index in [0.717, 1.165) is 4.90 Å². The molecule has 1 aliphatic rings. The lowest BCUT2D eigenvalue weighted by atomic mass is 10.1. The Morgan fingerprint density at radius 2 is 2.11 bits per heavy atom. The summed E-state index contributed by atoms with van der Waals surface area (Å²) < 4.78 is 4.89. The van der Waals surface area contributed by atoms with Crippen molar-refractivity contribution in [2.24, 2.45) is 0 Å². The van der Waals surface area contributed by atoms with Crippen molar-refractivity contribution >= 4 is 11.9 Å². The average Bonchev–Trinajstić information content (AvgIpc) is 2.82. The van der Waals surface area contributed by atoms with Gasteiger partial charge in [0.05, 0.1) is 11.8 Å². The van der Waals surface area contributed by atoms with Crippen molar-refractivity contribution in [2.45, 2.75) is 32.4 Å². The normalized spacial score (nSPS) is 23.4. The molecule has 0 aliphatic carbocycles. The number of aliphatic hydroxyl groups excluding tert-OH is 1. The number of rotatable bonds is 2. The van der Waals surface area contributed by atoms with Gasteiger partial charge in [-0.15, -0.1) is 0 Å². The molecule has 7 heteroatoms. The highest BCUT2D eigenvalue weighted by atomic mass is 16.5. The van der Waals surface area contributed by atoms with Crippen molar-refractivity contribution in [3.05, 3.63) is 17.0 Å². The quantitative estimate of drug-likeness (QED) is 0.767. The zero-order valence-electron chi connectivity index (χ0n) is 10.1. The third kappa shape index (κ3) is 1.97. The van der Waals surface area contributed by atoms with E-state index in [4.69, 9.17) is 9.63 Å². The number of carboxylic acids is 1. The summed E-state index contributed by atoms with van der Waals surface area (Å²) in [6.45, 7) is 3.22. The fourth-order valence-corrected chi connectivity index (χ4v) is 2.20. The molecule has 98 valence electrons. The average molecular weight is 254 g/mol. The van der Waals surface area contributed by atoms with Crippen molar-refractivity contribution in [1.82, 2.24) is 10.1 Å². The summed E-state index contributed by atoms with van der Waals surface area (Å²) >= 11 is 0. The summed E-state index contributed by atoms with van der Waals surface area (Å²) in [5, 5.41) is 22.2. The minimum atomic E-state index is -1.12. The highest BCUT2D eigenvalue weighted by molar-refractivity contribution is 5.98. The van der Waals surface area contributed by atoms with Crippen molar-refractivity contribution in [3.8, 4) is 0 Å². The van der Waals surface area contributed by atoms with E-state index in [1.807, 2.05) is 0 Å². The van der Waals surface area contributed by atoms with Crippen LogP contribution < -0.4 is 0 Å². The van der Waals surface area contributed by atoms with Crippen LogP contribution in [0.5, 0.6) is 0 Å². The van der Waals surface area contributed by atoms with Crippen LogP contribution in [0.1, 0.15) is 28.2 Å². The molecule has 18 heavy (non-hydrogen) atoms. The molecule has 1 aromatic rings. The zero-order chi connectivity index (χ0) is 13.4. The van der Waals surface area contributed by atoms with Gasteiger partial charge in [-0.05, 0) is 13.8 Å². The lowest BCUT2D eigenvalue weighted by Gasteiger charge is -2.20. The van der Waals surface area contributed by atoms with Gasteiger partial charge in [-0.2, -0.15) is 0 Å². The first-order chi connectivity index (χ1) is 8.41. The summed E-state index contributed by atoms with van der Waals surface area (Å²) in [4.78, 5) is 24.5. The first-order valence-corrected chi connectivity index (χ1v) is 5.56. The second-order valence-corrected chi connectivity index (χ2v) is 4.40. The van der Waals surface area contributed by atoms with Crippen molar-refractivity contribution in [2.75, 3.05) is 6.54 Å². The highest BCUT2D eigenvalue weighted by Gasteiger charge is 2.40. The number of carboxylic acid groups (broad SMARTS) is 1. The second kappa shape index (κ2) is 4.41. The predicted octanol–water partition coefficient (Wildman–Crippen LogP) is -0.0486. The fraction of sp³-hybridized carbons (Fsp3) is 0.545. The van der Waals surface area contributed by atoms with E-state index in [0.29, 0.717) is 11.5 Å². The summed E-state index contributed by atoms with van der Waals surface area (Å²) in [6.07, 6.45) is -0.764. The zero-order valence-corrected chi connectivity index (χ0v) is 10.1. The number of hydrogen-bond donors (Lipinski definition) is 2. The maximum atomic E-state index is 12.3. The number of carbonyl (C=O) groups is 2. The molecule has 7 nitrogen and oxygen atoms in total. The Morgan fingerprint density at radius 3 is 2.61 bits per heavy atom. The maximum absolute atomic E-state index is 12.3. The Morgan fingerprint density at radius 1 is 1.44 bits per heavy atom. The van der Waals surface area contributed by atoms with Crippen LogP contribution in [0.4, 0.5) is 0 Å². The third-order valence-electron chi connectivity index (χ3n) is 3.07. The van der Waals surface area contributed by atoms with Gasteiger partial charge in [-0.25, -0.2) is 4.79 Å². The minimum absolute atomic E-state index is 0.0138. The fourth-order valence-electron chi connectivity index (χ4n) is 2.20. The Bertz CT molecular complexity index is 476. The number of amides is 1. The standard InChI is InChI=1S/C11H14N2O5/c1-5-9(6(2)18-12-5)10(15)13-4-7(14)3-8(13)11(16)17/h7-8,14H,3-4H2,1-2H3,(H,16,17)/t7?,8-/m0/s1. The number of nitrogens with zero attached hydrogens (tertiary/aromatic N) is 2. The van der Waals surface area contributed by atoms with Crippen LogP contribution in [-0.4, -0.2) is 50.8 Å². The Balaban J connectivity index is 2.31. The van der Waals surface area contributed by atoms with E-state index in [9.17, 15) is 14.7 Å². The van der Waals surface area contributed by atoms with E-state index in [2.05, 4.69) is 5.16 Å².